The van der Waals surface area contributed by atoms with E-state index in [9.17, 15) is 34.8 Å². The minimum absolute atomic E-state index is 0.0000132. The van der Waals surface area contributed by atoms with Crippen LogP contribution in [0.3, 0.4) is 0 Å². The Morgan fingerprint density at radius 1 is 1.23 bits per heavy atom. The van der Waals surface area contributed by atoms with Crippen LogP contribution in [-0.4, -0.2) is 81.2 Å². The van der Waals surface area contributed by atoms with Crippen molar-refractivity contribution in [3.63, 3.8) is 0 Å². The summed E-state index contributed by atoms with van der Waals surface area (Å²) < 4.78 is 5.75. The van der Waals surface area contributed by atoms with Crippen LogP contribution >= 0.6 is 0 Å². The standard InChI is InChI=1S/C28H35N3O8/c1-27(6-5-7-27)30-11-13-10-16(32)18-14(23(13)39-4)8-12-9-15-20(31(2)3)22(34)19(26(29)37)25(36)28(15,38)24(35)17(12)21(18)33/h10,12,15,20,30,32-33,36,38H,5-9,11H2,1-4H3,(H2,29,37)/t12-,15-,20-,28-/m0/s1. The first-order valence-corrected chi connectivity index (χ1v) is 13.1. The smallest absolute Gasteiger partial charge is 0.255 e. The zero-order valence-electron chi connectivity index (χ0n) is 22.5. The van der Waals surface area contributed by atoms with Crippen molar-refractivity contribution in [3.8, 4) is 11.5 Å². The van der Waals surface area contributed by atoms with Gasteiger partial charge in [0.15, 0.2) is 11.4 Å². The van der Waals surface area contributed by atoms with Gasteiger partial charge in [-0.15, -0.1) is 0 Å². The Morgan fingerprint density at radius 2 is 1.90 bits per heavy atom. The van der Waals surface area contributed by atoms with Crippen molar-refractivity contribution in [1.29, 1.82) is 0 Å². The van der Waals surface area contributed by atoms with Crippen LogP contribution in [-0.2, 0) is 27.3 Å². The summed E-state index contributed by atoms with van der Waals surface area (Å²) in [6, 6.07) is 0.356. The number of ether oxygens (including phenoxy) is 1. The number of benzene rings is 1. The summed E-state index contributed by atoms with van der Waals surface area (Å²) in [5.41, 5.74) is 2.90. The lowest BCUT2D eigenvalue weighted by atomic mass is 9.57. The van der Waals surface area contributed by atoms with E-state index in [2.05, 4.69) is 12.2 Å². The molecule has 7 N–H and O–H groups in total. The van der Waals surface area contributed by atoms with Gasteiger partial charge in [-0.3, -0.25) is 19.3 Å². The molecule has 4 aliphatic carbocycles. The topological polar surface area (TPSA) is 183 Å². The largest absolute Gasteiger partial charge is 0.508 e. The van der Waals surface area contributed by atoms with Crippen molar-refractivity contribution in [2.45, 2.75) is 62.8 Å². The summed E-state index contributed by atoms with van der Waals surface area (Å²) >= 11 is 0. The molecule has 11 nitrogen and oxygen atoms in total. The van der Waals surface area contributed by atoms with Gasteiger partial charge in [0.1, 0.15) is 28.6 Å². The molecule has 0 heterocycles. The van der Waals surface area contributed by atoms with Gasteiger partial charge in [-0.05, 0) is 65.1 Å². The molecule has 39 heavy (non-hydrogen) atoms. The fraction of sp³-hybridized carbons (Fsp3) is 0.536. The number of aliphatic hydroxyl groups excluding tert-OH is 2. The van der Waals surface area contributed by atoms with Gasteiger partial charge in [0, 0.05) is 34.7 Å². The average molecular weight is 542 g/mol. The van der Waals surface area contributed by atoms with Gasteiger partial charge in [-0.2, -0.15) is 0 Å². The van der Waals surface area contributed by atoms with E-state index in [0.29, 0.717) is 23.4 Å². The molecule has 11 heteroatoms. The molecule has 0 unspecified atom stereocenters. The highest BCUT2D eigenvalue weighted by atomic mass is 16.5. The molecule has 2 saturated carbocycles. The molecule has 0 aliphatic heterocycles. The molecule has 1 aromatic carbocycles. The van der Waals surface area contributed by atoms with Crippen LogP contribution in [0.1, 0.15) is 49.3 Å². The Kier molecular flexibility index (Phi) is 6.32. The van der Waals surface area contributed by atoms with Crippen LogP contribution in [0.2, 0.25) is 0 Å². The van der Waals surface area contributed by atoms with Gasteiger partial charge in [0.25, 0.3) is 5.91 Å². The number of aromatic hydroxyl groups is 1. The number of phenolic OH excluding ortho intramolecular Hbond substituents is 1. The maximum atomic E-state index is 13.9. The first kappa shape index (κ1) is 27.2. The number of hydrogen-bond acceptors (Lipinski definition) is 10. The fourth-order valence-corrected chi connectivity index (χ4v) is 6.93. The number of fused-ring (bicyclic) bond motifs is 3. The predicted octanol–water partition coefficient (Wildman–Crippen LogP) is 1.00. The minimum atomic E-state index is -2.66. The zero-order chi connectivity index (χ0) is 28.6. The fourth-order valence-electron chi connectivity index (χ4n) is 6.93. The molecule has 1 aromatic rings. The quantitative estimate of drug-likeness (QED) is 0.284. The molecule has 0 saturated heterocycles. The van der Waals surface area contributed by atoms with Gasteiger partial charge in [-0.1, -0.05) is 0 Å². The molecule has 0 bridgehead atoms. The van der Waals surface area contributed by atoms with E-state index in [1.807, 2.05) is 0 Å². The number of likely N-dealkylation sites (N-methyl/N-ethyl adjacent to an activating group) is 1. The number of nitrogens with zero attached hydrogens (tertiary/aromatic N) is 1. The Bertz CT molecular complexity index is 1360. The lowest BCUT2D eigenvalue weighted by Crippen LogP contribution is -2.65. The molecule has 210 valence electrons. The van der Waals surface area contributed by atoms with E-state index >= 15 is 0 Å². The van der Waals surface area contributed by atoms with Crippen LogP contribution in [0.15, 0.2) is 23.0 Å². The highest BCUT2D eigenvalue weighted by Crippen LogP contribution is 2.54. The van der Waals surface area contributed by atoms with E-state index in [4.69, 9.17) is 10.5 Å². The average Bonchev–Trinajstić information content (AvgIpc) is 2.83. The summed E-state index contributed by atoms with van der Waals surface area (Å²) in [6.45, 7) is 2.56. The summed E-state index contributed by atoms with van der Waals surface area (Å²) in [4.78, 5) is 40.7. The SMILES string of the molecule is COc1c(CNC2(C)CCC2)cc(O)c2c1C[C@H]1C[C@H]3[C@H](N(C)C)C(=O)C(C(N)=O)=C(O)[C@@]3(O)C(=O)C1=C2O. The van der Waals surface area contributed by atoms with Crippen molar-refractivity contribution in [2.24, 2.45) is 17.6 Å². The molecular weight excluding hydrogens is 506 g/mol. The highest BCUT2D eigenvalue weighted by molar-refractivity contribution is 6.24. The Balaban J connectivity index is 1.65. The van der Waals surface area contributed by atoms with Gasteiger partial charge >= 0.3 is 0 Å². The van der Waals surface area contributed by atoms with Crippen molar-refractivity contribution in [3.05, 3.63) is 39.7 Å². The normalized spacial score (nSPS) is 29.5. The number of ketones is 2. The van der Waals surface area contributed by atoms with Crippen molar-refractivity contribution < 1.29 is 39.5 Å². The molecule has 0 spiro atoms. The lowest BCUT2D eigenvalue weighted by molar-refractivity contribution is -0.153. The Labute approximate surface area is 225 Å². The maximum absolute atomic E-state index is 13.9. The lowest BCUT2D eigenvalue weighted by Gasteiger charge is -2.50. The number of phenols is 1. The van der Waals surface area contributed by atoms with Gasteiger partial charge in [0.2, 0.25) is 5.78 Å². The van der Waals surface area contributed by atoms with Crippen molar-refractivity contribution in [2.75, 3.05) is 21.2 Å². The number of aliphatic hydroxyl groups is 3. The van der Waals surface area contributed by atoms with E-state index < -0.39 is 58.0 Å². The molecule has 0 radical (unpaired) electrons. The monoisotopic (exact) mass is 541 g/mol. The second-order valence-electron chi connectivity index (χ2n) is 11.7. The van der Waals surface area contributed by atoms with E-state index in [1.54, 1.807) is 14.1 Å². The molecule has 1 amide bonds. The molecule has 5 rings (SSSR count). The number of nitrogens with one attached hydrogen (secondary N) is 1. The number of nitrogens with two attached hydrogens (primary N) is 1. The summed E-state index contributed by atoms with van der Waals surface area (Å²) in [6.07, 6.45) is 3.42. The first-order valence-electron chi connectivity index (χ1n) is 13.1. The van der Waals surface area contributed by atoms with Crippen molar-refractivity contribution >= 4 is 23.2 Å². The number of carbonyl (C=O) groups is 3. The third-order valence-corrected chi connectivity index (χ3v) is 9.11. The third kappa shape index (κ3) is 3.78. The van der Waals surface area contributed by atoms with Crippen LogP contribution in [0, 0.1) is 11.8 Å². The van der Waals surface area contributed by atoms with E-state index in [0.717, 1.165) is 19.3 Å². The summed E-state index contributed by atoms with van der Waals surface area (Å²) in [5, 5.41) is 48.5. The van der Waals surface area contributed by atoms with Crippen LogP contribution in [0.5, 0.6) is 11.5 Å². The van der Waals surface area contributed by atoms with E-state index in [-0.39, 0.29) is 35.3 Å². The van der Waals surface area contributed by atoms with Crippen LogP contribution < -0.4 is 15.8 Å². The minimum Gasteiger partial charge on any atom is -0.508 e. The van der Waals surface area contributed by atoms with Gasteiger partial charge in [0.05, 0.1) is 18.7 Å². The number of hydrogen-bond donors (Lipinski definition) is 6. The maximum Gasteiger partial charge on any atom is 0.255 e. The second-order valence-corrected chi connectivity index (χ2v) is 11.7. The molecule has 4 aliphatic rings. The molecular formula is C28H35N3O8. The van der Waals surface area contributed by atoms with Crippen LogP contribution in [0.25, 0.3) is 5.76 Å². The highest BCUT2D eigenvalue weighted by Gasteiger charge is 2.64. The zero-order valence-corrected chi connectivity index (χ0v) is 22.5. The second kappa shape index (κ2) is 9.07. The van der Waals surface area contributed by atoms with Crippen molar-refractivity contribution in [1.82, 2.24) is 10.2 Å². The van der Waals surface area contributed by atoms with Gasteiger partial charge < -0.3 is 36.2 Å². The molecule has 4 atom stereocenters. The third-order valence-electron chi connectivity index (χ3n) is 9.11. The number of rotatable bonds is 6. The Hall–Kier alpha value is -3.41. The van der Waals surface area contributed by atoms with E-state index in [1.165, 1.54) is 18.1 Å². The Morgan fingerprint density at radius 3 is 2.44 bits per heavy atom. The number of primary amides is 1. The summed E-state index contributed by atoms with van der Waals surface area (Å²) in [7, 11) is 4.63. The number of amides is 1. The van der Waals surface area contributed by atoms with Gasteiger partial charge in [-0.25, -0.2) is 0 Å². The summed E-state index contributed by atoms with van der Waals surface area (Å²) in [5.74, 6) is -6.29. The first-order chi connectivity index (χ1) is 18.3. The molecule has 2 fully saturated rings. The predicted molar refractivity (Wildman–Crippen MR) is 140 cm³/mol. The van der Waals surface area contributed by atoms with Crippen LogP contribution in [0.4, 0.5) is 0 Å². The number of Topliss-reactive ketones (excluding diaryl/α,β-unsaturated/α-hetero) is 2. The number of methoxy groups -OCH3 is 1. The number of carbonyl (C=O) groups excluding carboxylic acids is 3. The molecule has 0 aromatic heterocycles.